The zero-order chi connectivity index (χ0) is 10.9. The summed E-state index contributed by atoms with van der Waals surface area (Å²) < 4.78 is 27.1. The van der Waals surface area contributed by atoms with E-state index in [9.17, 15) is 8.42 Å². The SMILES string of the molecule is CS(=O)(=O)OC1NCCc2ccccc21. The number of fused-ring (bicyclic) bond motifs is 1. The van der Waals surface area contributed by atoms with Crippen LogP contribution in [0.3, 0.4) is 0 Å². The molecule has 0 aliphatic carbocycles. The van der Waals surface area contributed by atoms with Gasteiger partial charge >= 0.3 is 0 Å². The predicted octanol–water partition coefficient (Wildman–Crippen LogP) is 0.807. The maximum atomic E-state index is 11.0. The Morgan fingerprint density at radius 3 is 2.87 bits per heavy atom. The molecule has 0 amide bonds. The summed E-state index contributed by atoms with van der Waals surface area (Å²) >= 11 is 0. The molecule has 0 spiro atoms. The van der Waals surface area contributed by atoms with Gasteiger partial charge < -0.3 is 0 Å². The van der Waals surface area contributed by atoms with Gasteiger partial charge in [0, 0.05) is 6.54 Å². The highest BCUT2D eigenvalue weighted by molar-refractivity contribution is 7.86. The molecule has 1 aromatic carbocycles. The molecule has 1 heterocycles. The predicted molar refractivity (Wildman–Crippen MR) is 56.8 cm³/mol. The standard InChI is InChI=1S/C10H13NO3S/c1-15(12,13)14-10-9-5-3-2-4-8(9)6-7-11-10/h2-5,10-11H,6-7H2,1H3. The second kappa shape index (κ2) is 3.92. The van der Waals surface area contributed by atoms with E-state index in [0.29, 0.717) is 0 Å². The van der Waals surface area contributed by atoms with Crippen LogP contribution in [0.25, 0.3) is 0 Å². The lowest BCUT2D eigenvalue weighted by Crippen LogP contribution is -2.32. The maximum absolute atomic E-state index is 11.0. The summed E-state index contributed by atoms with van der Waals surface area (Å²) in [6.45, 7) is 0.733. The molecule has 0 saturated heterocycles. The number of hydrogen-bond donors (Lipinski definition) is 1. The van der Waals surface area contributed by atoms with Crippen molar-refractivity contribution < 1.29 is 12.6 Å². The molecule has 4 nitrogen and oxygen atoms in total. The van der Waals surface area contributed by atoms with Crippen molar-refractivity contribution in [1.29, 1.82) is 0 Å². The third kappa shape index (κ3) is 2.56. The third-order valence-electron chi connectivity index (χ3n) is 2.33. The molecule has 0 aromatic heterocycles. The van der Waals surface area contributed by atoms with E-state index in [-0.39, 0.29) is 0 Å². The van der Waals surface area contributed by atoms with Crippen molar-refractivity contribution in [2.45, 2.75) is 12.6 Å². The van der Waals surface area contributed by atoms with Gasteiger partial charge in [0.2, 0.25) is 0 Å². The molecule has 1 aliphatic rings. The minimum atomic E-state index is -3.43. The van der Waals surface area contributed by atoms with Crippen LogP contribution in [0.4, 0.5) is 0 Å². The Hall–Kier alpha value is -0.910. The Kier molecular flexibility index (Phi) is 2.77. The van der Waals surface area contributed by atoms with E-state index in [1.165, 1.54) is 0 Å². The highest BCUT2D eigenvalue weighted by Crippen LogP contribution is 2.24. The highest BCUT2D eigenvalue weighted by atomic mass is 32.2. The summed E-state index contributed by atoms with van der Waals surface area (Å²) in [4.78, 5) is 0. The molecule has 2 rings (SSSR count). The van der Waals surface area contributed by atoms with Crippen LogP contribution in [0.1, 0.15) is 17.4 Å². The Balaban J connectivity index is 2.30. The normalized spacial score (nSPS) is 21.0. The number of nitrogens with one attached hydrogen (secondary N) is 1. The van der Waals surface area contributed by atoms with Gasteiger partial charge in [0.25, 0.3) is 10.1 Å². The van der Waals surface area contributed by atoms with E-state index >= 15 is 0 Å². The third-order valence-corrected chi connectivity index (χ3v) is 2.87. The average molecular weight is 227 g/mol. The van der Waals surface area contributed by atoms with Crippen LogP contribution in [0.5, 0.6) is 0 Å². The van der Waals surface area contributed by atoms with Crippen LogP contribution < -0.4 is 5.32 Å². The molecule has 1 unspecified atom stereocenters. The highest BCUT2D eigenvalue weighted by Gasteiger charge is 2.22. The summed E-state index contributed by atoms with van der Waals surface area (Å²) in [7, 11) is -3.43. The maximum Gasteiger partial charge on any atom is 0.266 e. The first kappa shape index (κ1) is 10.6. The minimum absolute atomic E-state index is 0.537. The first-order valence-electron chi connectivity index (χ1n) is 4.76. The second-order valence-electron chi connectivity index (χ2n) is 3.58. The zero-order valence-electron chi connectivity index (χ0n) is 8.43. The van der Waals surface area contributed by atoms with Crippen LogP contribution >= 0.6 is 0 Å². The summed E-state index contributed by atoms with van der Waals surface area (Å²) in [6, 6.07) is 7.71. The number of rotatable bonds is 2. The van der Waals surface area contributed by atoms with Crippen molar-refractivity contribution >= 4 is 10.1 Å². The Morgan fingerprint density at radius 1 is 1.40 bits per heavy atom. The smallest absolute Gasteiger partial charge is 0.266 e. The van der Waals surface area contributed by atoms with Crippen LogP contribution in [-0.4, -0.2) is 21.2 Å². The summed E-state index contributed by atoms with van der Waals surface area (Å²) in [5, 5.41) is 3.03. The van der Waals surface area contributed by atoms with Crippen LogP contribution in [0.2, 0.25) is 0 Å². The van der Waals surface area contributed by atoms with Gasteiger partial charge in [-0.1, -0.05) is 24.3 Å². The lowest BCUT2D eigenvalue weighted by molar-refractivity contribution is 0.168. The summed E-state index contributed by atoms with van der Waals surface area (Å²) in [5.74, 6) is 0. The molecular weight excluding hydrogens is 214 g/mol. The molecule has 1 aromatic rings. The molecule has 0 fully saturated rings. The molecule has 0 bridgehead atoms. The first-order chi connectivity index (χ1) is 7.06. The van der Waals surface area contributed by atoms with Gasteiger partial charge in [-0.2, -0.15) is 8.42 Å². The second-order valence-corrected chi connectivity index (χ2v) is 5.18. The molecule has 0 radical (unpaired) electrons. The largest absolute Gasteiger partial charge is 0.287 e. The Labute approximate surface area is 89.4 Å². The molecule has 82 valence electrons. The van der Waals surface area contributed by atoms with Gasteiger partial charge in [0.05, 0.1) is 6.26 Å². The Morgan fingerprint density at radius 2 is 2.13 bits per heavy atom. The van der Waals surface area contributed by atoms with Crippen LogP contribution in [-0.2, 0) is 20.7 Å². The monoisotopic (exact) mass is 227 g/mol. The van der Waals surface area contributed by atoms with Crippen molar-refractivity contribution in [3.8, 4) is 0 Å². The van der Waals surface area contributed by atoms with E-state index < -0.39 is 16.3 Å². The van der Waals surface area contributed by atoms with Gasteiger partial charge in [-0.15, -0.1) is 0 Å². The van der Waals surface area contributed by atoms with Crippen LogP contribution in [0.15, 0.2) is 24.3 Å². The van der Waals surface area contributed by atoms with Gasteiger partial charge in [0.1, 0.15) is 0 Å². The van der Waals surface area contributed by atoms with Crippen molar-refractivity contribution in [2.24, 2.45) is 0 Å². The van der Waals surface area contributed by atoms with Crippen molar-refractivity contribution in [3.05, 3.63) is 35.4 Å². The minimum Gasteiger partial charge on any atom is -0.287 e. The van der Waals surface area contributed by atoms with E-state index in [1.807, 2.05) is 24.3 Å². The lowest BCUT2D eigenvalue weighted by atomic mass is 10.0. The van der Waals surface area contributed by atoms with Gasteiger partial charge in [-0.25, -0.2) is 4.18 Å². The fourth-order valence-corrected chi connectivity index (χ4v) is 2.25. The number of benzene rings is 1. The topological polar surface area (TPSA) is 55.4 Å². The molecule has 15 heavy (non-hydrogen) atoms. The molecular formula is C10H13NO3S. The molecule has 0 saturated carbocycles. The molecule has 1 aliphatic heterocycles. The number of hydrogen-bond acceptors (Lipinski definition) is 4. The van der Waals surface area contributed by atoms with Gasteiger partial charge in [-0.3, -0.25) is 5.32 Å². The fourth-order valence-electron chi connectivity index (χ4n) is 1.73. The van der Waals surface area contributed by atoms with E-state index in [1.54, 1.807) is 0 Å². The zero-order valence-corrected chi connectivity index (χ0v) is 9.25. The van der Waals surface area contributed by atoms with Gasteiger partial charge in [-0.05, 0) is 17.5 Å². The van der Waals surface area contributed by atoms with Crippen LogP contribution in [0, 0.1) is 0 Å². The van der Waals surface area contributed by atoms with Crippen molar-refractivity contribution in [3.63, 3.8) is 0 Å². The quantitative estimate of drug-likeness (QED) is 0.760. The molecule has 1 atom stereocenters. The molecule has 5 heteroatoms. The van der Waals surface area contributed by atoms with Crippen molar-refractivity contribution in [1.82, 2.24) is 5.32 Å². The molecule has 1 N–H and O–H groups in total. The first-order valence-corrected chi connectivity index (χ1v) is 6.57. The van der Waals surface area contributed by atoms with Gasteiger partial charge in [0.15, 0.2) is 6.23 Å². The average Bonchev–Trinajstić information content (AvgIpc) is 2.16. The van der Waals surface area contributed by atoms with E-state index in [2.05, 4.69) is 5.32 Å². The van der Waals surface area contributed by atoms with Crippen molar-refractivity contribution in [2.75, 3.05) is 12.8 Å². The van der Waals surface area contributed by atoms with E-state index in [0.717, 1.165) is 30.3 Å². The summed E-state index contributed by atoms with van der Waals surface area (Å²) in [6.07, 6.45) is 1.43. The fraction of sp³-hybridized carbons (Fsp3) is 0.400. The Bertz CT molecular complexity index is 455. The van der Waals surface area contributed by atoms with E-state index in [4.69, 9.17) is 4.18 Å². The summed E-state index contributed by atoms with van der Waals surface area (Å²) in [5.41, 5.74) is 2.05. The lowest BCUT2D eigenvalue weighted by Gasteiger charge is -2.25.